The van der Waals surface area contributed by atoms with Crippen LogP contribution in [0.25, 0.3) is 0 Å². The van der Waals surface area contributed by atoms with Crippen molar-refractivity contribution in [3.63, 3.8) is 0 Å². The summed E-state index contributed by atoms with van der Waals surface area (Å²) in [5.41, 5.74) is 3.09. The molecular formula is C28H38N2O5. The Balaban J connectivity index is 1.67. The van der Waals surface area contributed by atoms with Crippen molar-refractivity contribution in [3.8, 4) is 11.5 Å². The van der Waals surface area contributed by atoms with Gasteiger partial charge in [-0.05, 0) is 68.6 Å². The summed E-state index contributed by atoms with van der Waals surface area (Å²) >= 11 is 0. The summed E-state index contributed by atoms with van der Waals surface area (Å²) in [6.07, 6.45) is 8.68. The van der Waals surface area contributed by atoms with E-state index in [4.69, 9.17) is 9.47 Å². The van der Waals surface area contributed by atoms with Gasteiger partial charge >= 0.3 is 5.97 Å². The van der Waals surface area contributed by atoms with Crippen molar-refractivity contribution in [1.29, 1.82) is 0 Å². The van der Waals surface area contributed by atoms with Crippen LogP contribution < -0.4 is 4.74 Å². The zero-order valence-corrected chi connectivity index (χ0v) is 21.3. The number of carbonyl (C=O) groups excluding carboxylic acids is 1. The molecule has 2 aliphatic rings. The van der Waals surface area contributed by atoms with Gasteiger partial charge in [0.25, 0.3) is 0 Å². The third-order valence-corrected chi connectivity index (χ3v) is 8.03. The van der Waals surface area contributed by atoms with Crippen molar-refractivity contribution in [3.05, 3.63) is 52.3 Å². The van der Waals surface area contributed by atoms with Crippen LogP contribution in [0, 0.1) is 12.8 Å². The summed E-state index contributed by atoms with van der Waals surface area (Å²) in [7, 11) is 1.60. The second-order valence-corrected chi connectivity index (χ2v) is 9.99. The van der Waals surface area contributed by atoms with Gasteiger partial charge in [-0.1, -0.05) is 26.7 Å². The smallest absolute Gasteiger partial charge is 0.338 e. The van der Waals surface area contributed by atoms with Crippen LogP contribution in [0.3, 0.4) is 0 Å². The average molecular weight is 483 g/mol. The van der Waals surface area contributed by atoms with E-state index in [-0.39, 0.29) is 23.3 Å². The number of carbonyl (C=O) groups is 1. The van der Waals surface area contributed by atoms with Crippen molar-refractivity contribution < 1.29 is 24.5 Å². The number of aliphatic hydroxyl groups is 1. The van der Waals surface area contributed by atoms with Gasteiger partial charge in [0.15, 0.2) is 0 Å². The van der Waals surface area contributed by atoms with E-state index in [1.54, 1.807) is 19.5 Å². The normalized spacial score (nSPS) is 21.9. The quantitative estimate of drug-likeness (QED) is 0.390. The van der Waals surface area contributed by atoms with Crippen LogP contribution >= 0.6 is 0 Å². The summed E-state index contributed by atoms with van der Waals surface area (Å²) in [5, 5.41) is 21.6. The van der Waals surface area contributed by atoms with E-state index in [9.17, 15) is 15.0 Å². The number of esters is 1. The third-order valence-electron chi connectivity index (χ3n) is 8.03. The fourth-order valence-electron chi connectivity index (χ4n) is 6.07. The average Bonchev–Trinajstić information content (AvgIpc) is 3.53. The number of cyclic esters (lactones) is 1. The Morgan fingerprint density at radius 1 is 1.23 bits per heavy atom. The second kappa shape index (κ2) is 10.3. The Kier molecular flexibility index (Phi) is 7.43. The number of phenolic OH excluding ortho intramolecular Hbond substituents is 1. The third kappa shape index (κ3) is 4.78. The first kappa shape index (κ1) is 25.1. The first-order valence-electron chi connectivity index (χ1n) is 12.9. The number of nitrogens with one attached hydrogen (secondary N) is 1. The van der Waals surface area contributed by atoms with E-state index in [1.165, 1.54) is 0 Å². The van der Waals surface area contributed by atoms with Gasteiger partial charge in [0.2, 0.25) is 0 Å². The summed E-state index contributed by atoms with van der Waals surface area (Å²) in [4.78, 5) is 21.0. The number of aryl methyl sites for hydroxylation is 3. The van der Waals surface area contributed by atoms with Crippen molar-refractivity contribution in [2.75, 3.05) is 7.11 Å². The maximum atomic E-state index is 13.5. The van der Waals surface area contributed by atoms with Gasteiger partial charge in [-0.3, -0.25) is 0 Å². The van der Waals surface area contributed by atoms with Crippen molar-refractivity contribution >= 4 is 5.97 Å². The Hall–Kier alpha value is -2.96. The highest BCUT2D eigenvalue weighted by Gasteiger charge is 2.49. The molecule has 1 fully saturated rings. The SMILES string of the molecule is CCc1cc(CCC2(C3CCCC3)CC(O)=C(C(CC)c3nc[nH]c3C)C(=O)O2)c(OC)cc1O. The number of ether oxygens (including phenoxy) is 2. The number of rotatable bonds is 9. The Morgan fingerprint density at radius 3 is 2.54 bits per heavy atom. The van der Waals surface area contributed by atoms with E-state index in [0.717, 1.165) is 48.2 Å². The summed E-state index contributed by atoms with van der Waals surface area (Å²) in [6, 6.07) is 3.65. The van der Waals surface area contributed by atoms with Crippen molar-refractivity contribution in [2.45, 2.75) is 90.1 Å². The molecule has 1 saturated carbocycles. The lowest BCUT2D eigenvalue weighted by atomic mass is 9.75. The molecular weight excluding hydrogens is 444 g/mol. The van der Waals surface area contributed by atoms with E-state index in [0.29, 0.717) is 43.4 Å². The minimum atomic E-state index is -0.755. The van der Waals surface area contributed by atoms with Gasteiger partial charge in [-0.2, -0.15) is 0 Å². The monoisotopic (exact) mass is 482 g/mol. The zero-order chi connectivity index (χ0) is 25.2. The number of aromatic amines is 1. The molecule has 7 nitrogen and oxygen atoms in total. The molecule has 4 rings (SSSR count). The van der Waals surface area contributed by atoms with Crippen LogP contribution in [0.4, 0.5) is 0 Å². The Labute approximate surface area is 207 Å². The fraction of sp³-hybridized carbons (Fsp3) is 0.571. The Bertz CT molecular complexity index is 1100. The van der Waals surface area contributed by atoms with E-state index in [1.807, 2.05) is 26.8 Å². The molecule has 2 aromatic rings. The molecule has 2 atom stereocenters. The highest BCUT2D eigenvalue weighted by atomic mass is 16.6. The van der Waals surface area contributed by atoms with Gasteiger partial charge in [-0.15, -0.1) is 0 Å². The van der Waals surface area contributed by atoms with Gasteiger partial charge in [0, 0.05) is 24.1 Å². The molecule has 2 heterocycles. The maximum absolute atomic E-state index is 13.5. The molecule has 1 aliphatic heterocycles. The minimum Gasteiger partial charge on any atom is -0.512 e. The molecule has 190 valence electrons. The lowest BCUT2D eigenvalue weighted by molar-refractivity contribution is -0.168. The topological polar surface area (TPSA) is 105 Å². The molecule has 2 unspecified atom stereocenters. The van der Waals surface area contributed by atoms with Crippen LogP contribution in [0.2, 0.25) is 0 Å². The lowest BCUT2D eigenvalue weighted by Crippen LogP contribution is -2.46. The molecule has 3 N–H and O–H groups in total. The second-order valence-electron chi connectivity index (χ2n) is 9.99. The predicted octanol–water partition coefficient (Wildman–Crippen LogP) is 5.81. The molecule has 0 amide bonds. The number of benzene rings is 1. The van der Waals surface area contributed by atoms with Gasteiger partial charge in [0.1, 0.15) is 22.9 Å². The van der Waals surface area contributed by atoms with Gasteiger partial charge in [-0.25, -0.2) is 9.78 Å². The summed E-state index contributed by atoms with van der Waals surface area (Å²) < 4.78 is 11.9. The molecule has 0 radical (unpaired) electrons. The van der Waals surface area contributed by atoms with Gasteiger partial charge in [0.05, 0.1) is 24.7 Å². The number of nitrogens with zero attached hydrogens (tertiary/aromatic N) is 1. The largest absolute Gasteiger partial charge is 0.512 e. The van der Waals surface area contributed by atoms with Crippen LogP contribution in [0.5, 0.6) is 11.5 Å². The van der Waals surface area contributed by atoms with Crippen molar-refractivity contribution in [1.82, 2.24) is 9.97 Å². The number of hydrogen-bond donors (Lipinski definition) is 3. The number of methoxy groups -OCH3 is 1. The van der Waals surface area contributed by atoms with Crippen LogP contribution in [0.1, 0.15) is 87.2 Å². The van der Waals surface area contributed by atoms with Crippen molar-refractivity contribution in [2.24, 2.45) is 5.92 Å². The zero-order valence-electron chi connectivity index (χ0n) is 21.3. The van der Waals surface area contributed by atoms with Gasteiger partial charge < -0.3 is 24.7 Å². The highest BCUT2D eigenvalue weighted by Crippen LogP contribution is 2.48. The molecule has 1 aromatic carbocycles. The molecule has 1 aromatic heterocycles. The standard InChI is InChI=1S/C28H38N2O5/c1-5-18-13-19(24(34-4)14-22(18)31)11-12-28(20-9-7-8-10-20)15-23(32)25(27(33)35-28)21(6-2)26-17(3)29-16-30-26/h13-14,16,20-21,31-32H,5-12,15H2,1-4H3,(H,29,30). The number of imidazole rings is 1. The number of aliphatic hydroxyl groups excluding tert-OH is 1. The Morgan fingerprint density at radius 2 is 1.97 bits per heavy atom. The molecule has 0 saturated heterocycles. The van der Waals surface area contributed by atoms with E-state index >= 15 is 0 Å². The maximum Gasteiger partial charge on any atom is 0.338 e. The lowest BCUT2D eigenvalue weighted by Gasteiger charge is -2.42. The molecule has 1 aliphatic carbocycles. The van der Waals surface area contributed by atoms with E-state index < -0.39 is 11.6 Å². The number of aromatic nitrogens is 2. The fourth-order valence-corrected chi connectivity index (χ4v) is 6.07. The van der Waals surface area contributed by atoms with Crippen LogP contribution in [-0.2, 0) is 22.4 Å². The predicted molar refractivity (Wildman–Crippen MR) is 134 cm³/mol. The molecule has 35 heavy (non-hydrogen) atoms. The molecule has 0 spiro atoms. The highest BCUT2D eigenvalue weighted by molar-refractivity contribution is 5.92. The first-order chi connectivity index (χ1) is 16.8. The molecule has 7 heteroatoms. The number of hydrogen-bond acceptors (Lipinski definition) is 6. The van der Waals surface area contributed by atoms with Crippen LogP contribution in [-0.4, -0.2) is 38.9 Å². The minimum absolute atomic E-state index is 0.134. The summed E-state index contributed by atoms with van der Waals surface area (Å²) in [6.45, 7) is 5.92. The number of phenols is 1. The number of H-pyrrole nitrogens is 1. The first-order valence-corrected chi connectivity index (χ1v) is 12.9. The molecule has 0 bridgehead atoms. The number of aromatic hydroxyl groups is 1. The van der Waals surface area contributed by atoms with E-state index in [2.05, 4.69) is 9.97 Å². The summed E-state index contributed by atoms with van der Waals surface area (Å²) in [5.74, 6) is 0.461. The van der Waals surface area contributed by atoms with Crippen LogP contribution in [0.15, 0.2) is 29.8 Å².